The maximum atomic E-state index is 6.54. The Bertz CT molecular complexity index is 3470. The summed E-state index contributed by atoms with van der Waals surface area (Å²) in [6.07, 6.45) is 0. The number of hydrogen-bond acceptors (Lipinski definition) is 5. The van der Waals surface area contributed by atoms with Crippen LogP contribution in [0.1, 0.15) is 25.0 Å². The van der Waals surface area contributed by atoms with Gasteiger partial charge in [-0.3, -0.25) is 0 Å². The van der Waals surface area contributed by atoms with Crippen molar-refractivity contribution < 1.29 is 8.83 Å². The molecule has 0 saturated carbocycles. The summed E-state index contributed by atoms with van der Waals surface area (Å²) in [5.41, 5.74) is 15.5. The first-order valence-electron chi connectivity index (χ1n) is 20.0. The highest BCUT2D eigenvalue weighted by Crippen LogP contribution is 2.50. The van der Waals surface area contributed by atoms with E-state index in [9.17, 15) is 0 Å². The average molecular weight is 758 g/mol. The van der Waals surface area contributed by atoms with Gasteiger partial charge in [-0.1, -0.05) is 153 Å². The number of hydrogen-bond donors (Lipinski definition) is 0. The van der Waals surface area contributed by atoms with Crippen molar-refractivity contribution >= 4 is 43.9 Å². The lowest BCUT2D eigenvalue weighted by atomic mass is 9.82. The second kappa shape index (κ2) is 12.7. The summed E-state index contributed by atoms with van der Waals surface area (Å²) in [5.74, 6) is 1.67. The van der Waals surface area contributed by atoms with Gasteiger partial charge < -0.3 is 8.83 Å². The molecular formula is C54H35N3O2. The second-order valence-electron chi connectivity index (χ2n) is 16.0. The third-order valence-electron chi connectivity index (χ3n) is 12.2. The number of fused-ring (bicyclic) bond motifs is 9. The maximum absolute atomic E-state index is 6.54. The molecule has 0 fully saturated rings. The number of rotatable bonds is 5. The Morgan fingerprint density at radius 2 is 0.932 bits per heavy atom. The Hall–Kier alpha value is -7.63. The Balaban J connectivity index is 1.05. The Kier molecular flexibility index (Phi) is 7.20. The van der Waals surface area contributed by atoms with E-state index < -0.39 is 0 Å². The molecule has 278 valence electrons. The van der Waals surface area contributed by atoms with Crippen LogP contribution in [0.3, 0.4) is 0 Å². The summed E-state index contributed by atoms with van der Waals surface area (Å²) in [4.78, 5) is 15.6. The molecule has 0 amide bonds. The maximum Gasteiger partial charge on any atom is 0.167 e. The van der Waals surface area contributed by atoms with Crippen molar-refractivity contribution in [1.82, 2.24) is 15.0 Å². The molecule has 11 aromatic rings. The lowest BCUT2D eigenvalue weighted by molar-refractivity contribution is 0.660. The molecule has 0 N–H and O–H groups in total. The topological polar surface area (TPSA) is 65.0 Å². The van der Waals surface area contributed by atoms with Crippen LogP contribution in [0.5, 0.6) is 0 Å². The van der Waals surface area contributed by atoms with Gasteiger partial charge in [0, 0.05) is 38.1 Å². The van der Waals surface area contributed by atoms with Crippen molar-refractivity contribution in [3.05, 3.63) is 187 Å². The molecule has 3 aromatic heterocycles. The SMILES string of the molecule is CC1(C)c2ccccc2-c2cc(-c3ccc4oc5cccc(-c6nc(-c7ccc(-c8ccccc8)cc7)nc(-c7cccc8c7oc7ccccc78)n6)c5c4c3)ccc21. The van der Waals surface area contributed by atoms with E-state index in [4.69, 9.17) is 23.8 Å². The number of benzene rings is 8. The van der Waals surface area contributed by atoms with Crippen LogP contribution in [0.2, 0.25) is 0 Å². The van der Waals surface area contributed by atoms with Gasteiger partial charge in [-0.15, -0.1) is 0 Å². The van der Waals surface area contributed by atoms with Crippen LogP contribution in [-0.2, 0) is 5.41 Å². The van der Waals surface area contributed by atoms with Crippen LogP contribution in [0.4, 0.5) is 0 Å². The van der Waals surface area contributed by atoms with Gasteiger partial charge in [0.15, 0.2) is 17.5 Å². The normalized spacial score (nSPS) is 13.1. The van der Waals surface area contributed by atoms with Gasteiger partial charge in [0.2, 0.25) is 0 Å². The van der Waals surface area contributed by atoms with E-state index in [1.807, 2.05) is 48.5 Å². The molecule has 5 nitrogen and oxygen atoms in total. The Morgan fingerprint density at radius 1 is 0.356 bits per heavy atom. The summed E-state index contributed by atoms with van der Waals surface area (Å²) in [5, 5.41) is 4.03. The highest BCUT2D eigenvalue weighted by Gasteiger charge is 2.35. The fourth-order valence-corrected chi connectivity index (χ4v) is 9.20. The van der Waals surface area contributed by atoms with Gasteiger partial charge in [0.1, 0.15) is 22.3 Å². The fraction of sp³-hybridized carbons (Fsp3) is 0.0556. The molecule has 8 aromatic carbocycles. The highest BCUT2D eigenvalue weighted by atomic mass is 16.3. The molecule has 0 spiro atoms. The van der Waals surface area contributed by atoms with Crippen LogP contribution in [-0.4, -0.2) is 15.0 Å². The fourth-order valence-electron chi connectivity index (χ4n) is 9.20. The lowest BCUT2D eigenvalue weighted by Gasteiger charge is -2.21. The van der Waals surface area contributed by atoms with Crippen molar-refractivity contribution in [2.45, 2.75) is 19.3 Å². The summed E-state index contributed by atoms with van der Waals surface area (Å²) in [6, 6.07) is 61.4. The first kappa shape index (κ1) is 33.5. The van der Waals surface area contributed by atoms with Crippen LogP contribution in [0.25, 0.3) is 111 Å². The molecule has 59 heavy (non-hydrogen) atoms. The summed E-state index contributed by atoms with van der Waals surface area (Å²) in [7, 11) is 0. The van der Waals surface area contributed by atoms with Crippen molar-refractivity contribution in [3.8, 4) is 67.5 Å². The zero-order valence-corrected chi connectivity index (χ0v) is 32.4. The summed E-state index contributed by atoms with van der Waals surface area (Å²) >= 11 is 0. The number of nitrogens with zero attached hydrogens (tertiary/aromatic N) is 3. The monoisotopic (exact) mass is 757 g/mol. The minimum absolute atomic E-state index is 0.0494. The lowest BCUT2D eigenvalue weighted by Crippen LogP contribution is -2.14. The van der Waals surface area contributed by atoms with E-state index in [1.165, 1.54) is 22.3 Å². The smallest absolute Gasteiger partial charge is 0.167 e. The predicted molar refractivity (Wildman–Crippen MR) is 239 cm³/mol. The zero-order valence-electron chi connectivity index (χ0n) is 32.4. The Morgan fingerprint density at radius 3 is 1.81 bits per heavy atom. The van der Waals surface area contributed by atoms with E-state index in [0.717, 1.165) is 82.8 Å². The van der Waals surface area contributed by atoms with E-state index in [0.29, 0.717) is 17.5 Å². The number of furan rings is 2. The largest absolute Gasteiger partial charge is 0.456 e. The highest BCUT2D eigenvalue weighted by molar-refractivity contribution is 6.13. The van der Waals surface area contributed by atoms with Gasteiger partial charge >= 0.3 is 0 Å². The molecule has 5 heteroatoms. The summed E-state index contributed by atoms with van der Waals surface area (Å²) in [6.45, 7) is 4.63. The third kappa shape index (κ3) is 5.21. The summed E-state index contributed by atoms with van der Waals surface area (Å²) < 4.78 is 13.1. The van der Waals surface area contributed by atoms with Gasteiger partial charge in [-0.25, -0.2) is 15.0 Å². The molecule has 0 aliphatic heterocycles. The van der Waals surface area contributed by atoms with Gasteiger partial charge in [0.05, 0.1) is 5.56 Å². The average Bonchev–Trinajstić information content (AvgIpc) is 3.94. The molecule has 12 rings (SSSR count). The minimum atomic E-state index is -0.0494. The number of aromatic nitrogens is 3. The molecule has 3 heterocycles. The molecular weight excluding hydrogens is 723 g/mol. The van der Waals surface area contributed by atoms with E-state index in [2.05, 4.69) is 141 Å². The molecule has 0 bridgehead atoms. The van der Waals surface area contributed by atoms with Crippen LogP contribution >= 0.6 is 0 Å². The Labute approximate surface area is 340 Å². The van der Waals surface area contributed by atoms with Gasteiger partial charge in [-0.2, -0.15) is 0 Å². The predicted octanol–water partition coefficient (Wildman–Crippen LogP) is 14.3. The van der Waals surface area contributed by atoms with Crippen molar-refractivity contribution in [2.75, 3.05) is 0 Å². The molecule has 1 aliphatic rings. The third-order valence-corrected chi connectivity index (χ3v) is 12.2. The van der Waals surface area contributed by atoms with Gasteiger partial charge in [-0.05, 0) is 80.9 Å². The number of para-hydroxylation sites is 2. The quantitative estimate of drug-likeness (QED) is 0.175. The molecule has 0 unspecified atom stereocenters. The van der Waals surface area contributed by atoms with Crippen LogP contribution in [0.15, 0.2) is 185 Å². The first-order valence-corrected chi connectivity index (χ1v) is 20.0. The molecule has 0 saturated heterocycles. The standard InChI is InChI=1S/C54H35N3O2/c1-54(2)44-19-8-6-14-37(44)42-30-35(26-28-45(42)54)36-27-29-47-43(31-36)49-40(17-11-21-48(49)58-47)52-55-51(34-24-22-33(23-25-34)32-12-4-3-5-13-32)56-53(57-52)41-18-10-16-39-38-15-7-9-20-46(38)59-50(39)41/h3-31H,1-2H3. The van der Waals surface area contributed by atoms with Crippen molar-refractivity contribution in [2.24, 2.45) is 0 Å². The van der Waals surface area contributed by atoms with Crippen molar-refractivity contribution in [1.29, 1.82) is 0 Å². The van der Waals surface area contributed by atoms with Gasteiger partial charge in [0.25, 0.3) is 0 Å². The molecule has 0 radical (unpaired) electrons. The second-order valence-corrected chi connectivity index (χ2v) is 16.0. The van der Waals surface area contributed by atoms with Crippen molar-refractivity contribution in [3.63, 3.8) is 0 Å². The zero-order chi connectivity index (χ0) is 39.2. The van der Waals surface area contributed by atoms with Crippen LogP contribution in [0, 0.1) is 0 Å². The molecule has 1 aliphatic carbocycles. The van der Waals surface area contributed by atoms with Crippen LogP contribution < -0.4 is 0 Å². The van der Waals surface area contributed by atoms with E-state index in [-0.39, 0.29) is 5.41 Å². The van der Waals surface area contributed by atoms with E-state index >= 15 is 0 Å². The first-order chi connectivity index (χ1) is 29.0. The minimum Gasteiger partial charge on any atom is -0.456 e. The molecule has 0 atom stereocenters. The van der Waals surface area contributed by atoms with E-state index in [1.54, 1.807) is 0 Å².